The highest BCUT2D eigenvalue weighted by Gasteiger charge is 2.25. The fourth-order valence-corrected chi connectivity index (χ4v) is 3.72. The van der Waals surface area contributed by atoms with Crippen molar-refractivity contribution in [2.24, 2.45) is 5.92 Å². The molecule has 1 aliphatic rings. The van der Waals surface area contributed by atoms with Gasteiger partial charge in [-0.05, 0) is 12.5 Å². The molecule has 1 fully saturated rings. The van der Waals surface area contributed by atoms with Gasteiger partial charge in [-0.2, -0.15) is 9.97 Å². The second-order valence-electron chi connectivity index (χ2n) is 8.47. The highest BCUT2D eigenvalue weighted by molar-refractivity contribution is 6.29. The third-order valence-corrected chi connectivity index (χ3v) is 5.92. The first kappa shape index (κ1) is 27.9. The Bertz CT molecular complexity index is 828. The molecule has 0 unspecified atom stereocenters. The highest BCUT2D eigenvalue weighted by Crippen LogP contribution is 2.23. The Morgan fingerprint density at radius 3 is 2.32 bits per heavy atom. The van der Waals surface area contributed by atoms with Crippen LogP contribution in [-0.4, -0.2) is 94.0 Å². The maximum absolute atomic E-state index is 12.4. The Balaban J connectivity index is 2.30. The summed E-state index contributed by atoms with van der Waals surface area (Å²) in [6, 6.07) is 1.93. The van der Waals surface area contributed by atoms with Crippen LogP contribution in [0, 0.1) is 5.92 Å². The molecule has 2 heterocycles. The van der Waals surface area contributed by atoms with Crippen LogP contribution in [0.25, 0.3) is 0 Å². The third-order valence-electron chi connectivity index (χ3n) is 5.67. The first-order valence-corrected chi connectivity index (χ1v) is 12.1. The maximum atomic E-state index is 12.4. The van der Waals surface area contributed by atoms with Crippen molar-refractivity contribution in [1.82, 2.24) is 14.9 Å². The Kier molecular flexibility index (Phi) is 11.6. The second-order valence-corrected chi connectivity index (χ2v) is 9.03. The van der Waals surface area contributed by atoms with E-state index in [9.17, 15) is 4.79 Å². The predicted molar refractivity (Wildman–Crippen MR) is 139 cm³/mol. The fourth-order valence-electron chi connectivity index (χ4n) is 3.57. The molecule has 1 N–H and O–H groups in total. The summed E-state index contributed by atoms with van der Waals surface area (Å²) in [6.45, 7) is 15.2. The zero-order valence-electron chi connectivity index (χ0n) is 21.1. The number of amides is 1. The van der Waals surface area contributed by atoms with Gasteiger partial charge in [-0.3, -0.25) is 4.79 Å². The van der Waals surface area contributed by atoms with Crippen LogP contribution in [0.2, 0.25) is 0 Å². The molecular weight excluding hydrogens is 456 g/mol. The quantitative estimate of drug-likeness (QED) is 0.419. The second kappa shape index (κ2) is 14.1. The van der Waals surface area contributed by atoms with Crippen LogP contribution in [0.15, 0.2) is 29.3 Å². The van der Waals surface area contributed by atoms with Gasteiger partial charge in [0.25, 0.3) is 0 Å². The van der Waals surface area contributed by atoms with E-state index < -0.39 is 0 Å². The maximum Gasteiger partial charge on any atom is 0.229 e. The molecule has 9 nitrogen and oxygen atoms in total. The molecule has 34 heavy (non-hydrogen) atoms. The topological polar surface area (TPSA) is 83.1 Å². The number of nitrogens with zero attached hydrogens (tertiary/aromatic N) is 5. The summed E-state index contributed by atoms with van der Waals surface area (Å²) in [4.78, 5) is 28.2. The third kappa shape index (κ3) is 8.14. The summed E-state index contributed by atoms with van der Waals surface area (Å²) in [5, 5.41) is 4.05. The van der Waals surface area contributed by atoms with E-state index in [1.54, 1.807) is 20.3 Å². The zero-order chi connectivity index (χ0) is 25.1. The largest absolute Gasteiger partial charge is 0.383 e. The van der Waals surface area contributed by atoms with Crippen LogP contribution in [0.3, 0.4) is 0 Å². The van der Waals surface area contributed by atoms with E-state index in [-0.39, 0.29) is 11.8 Å². The van der Waals surface area contributed by atoms with Crippen molar-refractivity contribution in [3.8, 4) is 0 Å². The number of nitrogens with one attached hydrogen (secondary N) is 1. The minimum absolute atomic E-state index is 0.00504. The molecular formula is C24H39ClN6O3. The number of rotatable bonds is 13. The molecule has 1 aliphatic heterocycles. The lowest BCUT2D eigenvalue weighted by atomic mass is 10.1. The molecule has 1 amide bonds. The van der Waals surface area contributed by atoms with Crippen molar-refractivity contribution in [2.45, 2.75) is 20.8 Å². The summed E-state index contributed by atoms with van der Waals surface area (Å²) < 4.78 is 10.6. The van der Waals surface area contributed by atoms with Crippen molar-refractivity contribution in [2.75, 3.05) is 88.4 Å². The summed E-state index contributed by atoms with van der Waals surface area (Å²) >= 11 is 6.18. The van der Waals surface area contributed by atoms with Crippen molar-refractivity contribution in [3.05, 3.63) is 29.3 Å². The Morgan fingerprint density at radius 1 is 1.21 bits per heavy atom. The van der Waals surface area contributed by atoms with Crippen LogP contribution in [0.4, 0.5) is 17.6 Å². The minimum atomic E-state index is -0.00504. The lowest BCUT2D eigenvalue weighted by Crippen LogP contribution is -2.50. The molecule has 10 heteroatoms. The molecule has 0 saturated carbocycles. The van der Waals surface area contributed by atoms with Gasteiger partial charge in [0.15, 0.2) is 0 Å². The molecule has 0 atom stereocenters. The molecule has 190 valence electrons. The number of anilines is 3. The fraction of sp³-hybridized carbons (Fsp3) is 0.625. The lowest BCUT2D eigenvalue weighted by Gasteiger charge is -2.36. The van der Waals surface area contributed by atoms with Gasteiger partial charge in [0.1, 0.15) is 11.6 Å². The molecule has 0 radical (unpaired) electrons. The number of carbonyl (C=O) groups is 1. The van der Waals surface area contributed by atoms with Crippen LogP contribution in [0.5, 0.6) is 0 Å². The molecule has 1 aromatic rings. The van der Waals surface area contributed by atoms with Gasteiger partial charge < -0.3 is 29.5 Å². The van der Waals surface area contributed by atoms with Gasteiger partial charge in [0.2, 0.25) is 11.9 Å². The monoisotopic (exact) mass is 494 g/mol. The van der Waals surface area contributed by atoms with Crippen LogP contribution < -0.4 is 15.1 Å². The van der Waals surface area contributed by atoms with Crippen molar-refractivity contribution in [3.63, 3.8) is 0 Å². The number of methoxy groups -OCH3 is 2. The minimum Gasteiger partial charge on any atom is -0.383 e. The Hall–Kier alpha value is -2.36. The van der Waals surface area contributed by atoms with Gasteiger partial charge in [-0.25, -0.2) is 0 Å². The van der Waals surface area contributed by atoms with E-state index in [0.29, 0.717) is 75.8 Å². The average molecular weight is 495 g/mol. The van der Waals surface area contributed by atoms with Crippen LogP contribution in [0.1, 0.15) is 20.8 Å². The summed E-state index contributed by atoms with van der Waals surface area (Å²) in [5.74, 6) is 2.28. The molecule has 1 aromatic heterocycles. The van der Waals surface area contributed by atoms with Crippen molar-refractivity contribution < 1.29 is 14.3 Å². The van der Waals surface area contributed by atoms with E-state index in [0.717, 1.165) is 11.4 Å². The molecule has 2 rings (SSSR count). The summed E-state index contributed by atoms with van der Waals surface area (Å²) in [5.41, 5.74) is 0.903. The van der Waals surface area contributed by atoms with E-state index >= 15 is 0 Å². The standard InChI is InChI=1S/C24H39ClN6O3/c1-7-20(19(4)25)17-26-21-16-22(29(12-14-33-5)13-15-34-6)28-24(27-21)31-10-8-30(9-11-31)23(32)18(2)3/h7,16,18H,1,8-15,17H2,2-6H3,(H,26,27,28). The van der Waals surface area contributed by atoms with Crippen LogP contribution >= 0.6 is 11.6 Å². The number of allylic oxidation sites excluding steroid dienone is 1. The number of halogens is 1. The molecule has 0 aromatic carbocycles. The molecule has 0 spiro atoms. The van der Waals surface area contributed by atoms with Gasteiger partial charge >= 0.3 is 0 Å². The number of ether oxygens (including phenoxy) is 2. The normalized spacial score (nSPS) is 14.8. The Labute approximate surface area is 208 Å². The van der Waals surface area contributed by atoms with Crippen molar-refractivity contribution in [1.29, 1.82) is 0 Å². The van der Waals surface area contributed by atoms with E-state index in [4.69, 9.17) is 31.0 Å². The number of hydrogen-bond acceptors (Lipinski definition) is 8. The molecule has 0 aliphatic carbocycles. The smallest absolute Gasteiger partial charge is 0.229 e. The van der Waals surface area contributed by atoms with Gasteiger partial charge in [0, 0.05) is 77.0 Å². The summed E-state index contributed by atoms with van der Waals surface area (Å²) in [7, 11) is 3.37. The number of hydrogen-bond donors (Lipinski definition) is 1. The lowest BCUT2D eigenvalue weighted by molar-refractivity contribution is -0.134. The Morgan fingerprint density at radius 2 is 1.82 bits per heavy atom. The van der Waals surface area contributed by atoms with Gasteiger partial charge in [-0.15, -0.1) is 0 Å². The van der Waals surface area contributed by atoms with E-state index in [1.165, 1.54) is 0 Å². The highest BCUT2D eigenvalue weighted by atomic mass is 35.5. The first-order chi connectivity index (χ1) is 16.3. The zero-order valence-corrected chi connectivity index (χ0v) is 21.9. The van der Waals surface area contributed by atoms with Gasteiger partial charge in [0.05, 0.1) is 13.2 Å². The SMILES string of the molecule is C=CC(CNc1cc(N(CCOC)CCOC)nc(N2CCN(C(=O)C(C)C)CC2)n1)=C(C)Cl. The molecule has 1 saturated heterocycles. The molecule has 0 bridgehead atoms. The number of piperazine rings is 1. The summed E-state index contributed by atoms with van der Waals surface area (Å²) in [6.07, 6.45) is 1.74. The van der Waals surface area contributed by atoms with Gasteiger partial charge in [-0.1, -0.05) is 38.1 Å². The number of carbonyl (C=O) groups excluding carboxylic acids is 1. The first-order valence-electron chi connectivity index (χ1n) is 11.7. The average Bonchev–Trinajstić information content (AvgIpc) is 2.83. The van der Waals surface area contributed by atoms with E-state index in [1.807, 2.05) is 31.7 Å². The predicted octanol–water partition coefficient (Wildman–Crippen LogP) is 2.99. The van der Waals surface area contributed by atoms with Crippen molar-refractivity contribution >= 4 is 35.1 Å². The van der Waals surface area contributed by atoms with E-state index in [2.05, 4.69) is 21.7 Å². The number of aromatic nitrogens is 2. The van der Waals surface area contributed by atoms with Crippen LogP contribution in [-0.2, 0) is 14.3 Å².